The van der Waals surface area contributed by atoms with Crippen LogP contribution in [0.3, 0.4) is 0 Å². The van der Waals surface area contributed by atoms with E-state index in [4.69, 9.17) is 0 Å². The predicted octanol–water partition coefficient (Wildman–Crippen LogP) is 4.77. The number of nitrogens with one attached hydrogen (secondary N) is 1. The zero-order chi connectivity index (χ0) is 20.6. The van der Waals surface area contributed by atoms with E-state index in [-0.39, 0.29) is 11.9 Å². The highest BCUT2D eigenvalue weighted by atomic mass is 16.1. The number of rotatable bonds is 7. The summed E-state index contributed by atoms with van der Waals surface area (Å²) in [5.74, 6) is 1.43. The van der Waals surface area contributed by atoms with E-state index in [1.165, 1.54) is 38.6 Å². The molecule has 1 saturated carbocycles. The van der Waals surface area contributed by atoms with Crippen LogP contribution in [0.2, 0.25) is 0 Å². The maximum absolute atomic E-state index is 12.8. The summed E-state index contributed by atoms with van der Waals surface area (Å²) in [6.45, 7) is 3.54. The van der Waals surface area contributed by atoms with Crippen molar-refractivity contribution in [1.29, 1.82) is 0 Å². The molecule has 1 N–H and O–H groups in total. The number of pyridine rings is 1. The number of aromatic nitrogens is 1. The van der Waals surface area contributed by atoms with E-state index >= 15 is 0 Å². The largest absolute Gasteiger partial charge is 0.347 e. The number of benzene rings is 1. The van der Waals surface area contributed by atoms with E-state index in [9.17, 15) is 4.79 Å². The molecule has 1 atom stereocenters. The van der Waals surface area contributed by atoms with Gasteiger partial charge in [-0.15, -0.1) is 0 Å². The number of likely N-dealkylation sites (tertiary alicyclic amines) is 1. The van der Waals surface area contributed by atoms with Crippen molar-refractivity contribution in [3.05, 3.63) is 66.0 Å². The maximum atomic E-state index is 12.8. The molecule has 0 unspecified atom stereocenters. The minimum absolute atomic E-state index is 0.000701. The van der Waals surface area contributed by atoms with Gasteiger partial charge >= 0.3 is 0 Å². The first kappa shape index (κ1) is 21.0. The third-order valence-corrected chi connectivity index (χ3v) is 6.88. The molecule has 4 rings (SSSR count). The molecule has 2 aliphatic rings. The minimum Gasteiger partial charge on any atom is -0.347 e. The standard InChI is InChI=1S/C26H35N3O/c30-25(19-21-9-3-1-4-10-21)28-26(24-13-7-8-16-27-24)23-14-17-29(18-15-23)20-22-11-5-2-6-12-22/h1,3-4,7-10,13,16,22-23,26H,2,5-6,11-12,14-15,17-20H2,(H,28,30)/t26-/m1/s1. The van der Waals surface area contributed by atoms with Crippen molar-refractivity contribution in [1.82, 2.24) is 15.2 Å². The normalized spacial score (nSPS) is 20.0. The summed E-state index contributed by atoms with van der Waals surface area (Å²) in [5, 5.41) is 3.33. The first-order chi connectivity index (χ1) is 14.8. The molecule has 0 radical (unpaired) electrons. The fourth-order valence-corrected chi connectivity index (χ4v) is 5.20. The Balaban J connectivity index is 1.36. The quantitative estimate of drug-likeness (QED) is 0.721. The van der Waals surface area contributed by atoms with Gasteiger partial charge in [-0.3, -0.25) is 9.78 Å². The Morgan fingerprint density at radius 1 is 0.967 bits per heavy atom. The number of hydrogen-bond donors (Lipinski definition) is 1. The molecule has 1 aromatic heterocycles. The molecular weight excluding hydrogens is 370 g/mol. The van der Waals surface area contributed by atoms with Gasteiger partial charge in [-0.25, -0.2) is 0 Å². The molecule has 1 amide bonds. The van der Waals surface area contributed by atoms with Gasteiger partial charge in [0.25, 0.3) is 0 Å². The summed E-state index contributed by atoms with van der Waals surface area (Å²) in [5.41, 5.74) is 2.04. The smallest absolute Gasteiger partial charge is 0.224 e. The second kappa shape index (κ2) is 10.7. The van der Waals surface area contributed by atoms with Crippen LogP contribution in [-0.2, 0) is 11.2 Å². The predicted molar refractivity (Wildman–Crippen MR) is 121 cm³/mol. The minimum atomic E-state index is -0.000701. The zero-order valence-corrected chi connectivity index (χ0v) is 18.0. The Bertz CT molecular complexity index is 765. The Morgan fingerprint density at radius 2 is 1.70 bits per heavy atom. The number of carbonyl (C=O) groups is 1. The second-order valence-electron chi connectivity index (χ2n) is 9.10. The third-order valence-electron chi connectivity index (χ3n) is 6.88. The molecule has 4 heteroatoms. The molecule has 160 valence electrons. The topological polar surface area (TPSA) is 45.2 Å². The zero-order valence-electron chi connectivity index (χ0n) is 18.0. The van der Waals surface area contributed by atoms with Crippen molar-refractivity contribution in [2.45, 2.75) is 57.4 Å². The van der Waals surface area contributed by atoms with Gasteiger partial charge in [0.1, 0.15) is 0 Å². The lowest BCUT2D eigenvalue weighted by Gasteiger charge is -2.38. The van der Waals surface area contributed by atoms with E-state index in [1.54, 1.807) is 0 Å². The SMILES string of the molecule is O=C(Cc1ccccc1)N[C@@H](c1ccccn1)C1CCN(CC2CCCCC2)CC1. The van der Waals surface area contributed by atoms with Crippen molar-refractivity contribution in [3.8, 4) is 0 Å². The maximum Gasteiger partial charge on any atom is 0.224 e. The van der Waals surface area contributed by atoms with Gasteiger partial charge in [0.15, 0.2) is 0 Å². The Labute approximate surface area is 181 Å². The highest BCUT2D eigenvalue weighted by Crippen LogP contribution is 2.32. The van der Waals surface area contributed by atoms with Gasteiger partial charge in [-0.05, 0) is 68.3 Å². The summed E-state index contributed by atoms with van der Waals surface area (Å²) in [7, 11) is 0. The molecule has 1 aliphatic carbocycles. The summed E-state index contributed by atoms with van der Waals surface area (Å²) in [6.07, 6.45) is 11.6. The van der Waals surface area contributed by atoms with Crippen LogP contribution in [0.4, 0.5) is 0 Å². The summed E-state index contributed by atoms with van der Waals surface area (Å²) in [4.78, 5) is 20.1. The van der Waals surface area contributed by atoms with Crippen molar-refractivity contribution in [2.75, 3.05) is 19.6 Å². The van der Waals surface area contributed by atoms with E-state index in [1.807, 2.05) is 48.7 Å². The Hall–Kier alpha value is -2.20. The highest BCUT2D eigenvalue weighted by Gasteiger charge is 2.30. The molecule has 2 fully saturated rings. The molecule has 30 heavy (non-hydrogen) atoms. The summed E-state index contributed by atoms with van der Waals surface area (Å²) >= 11 is 0. The molecule has 4 nitrogen and oxygen atoms in total. The van der Waals surface area contributed by atoms with E-state index in [0.717, 1.165) is 43.1 Å². The molecule has 1 aliphatic heterocycles. The first-order valence-electron chi connectivity index (χ1n) is 11.7. The first-order valence-corrected chi connectivity index (χ1v) is 11.7. The average molecular weight is 406 g/mol. The molecule has 2 aromatic rings. The Kier molecular flexibility index (Phi) is 7.52. The average Bonchev–Trinajstić information content (AvgIpc) is 2.80. The molecular formula is C26H35N3O. The number of carbonyl (C=O) groups excluding carboxylic acids is 1. The fourth-order valence-electron chi connectivity index (χ4n) is 5.20. The molecule has 0 bridgehead atoms. The van der Waals surface area contributed by atoms with Crippen molar-refractivity contribution >= 4 is 5.91 Å². The lowest BCUT2D eigenvalue weighted by Crippen LogP contribution is -2.42. The summed E-state index contributed by atoms with van der Waals surface area (Å²) in [6, 6.07) is 16.0. The molecule has 2 heterocycles. The van der Waals surface area contributed by atoms with E-state index < -0.39 is 0 Å². The fraction of sp³-hybridized carbons (Fsp3) is 0.538. The number of nitrogens with zero attached hydrogens (tertiary/aromatic N) is 2. The van der Waals surface area contributed by atoms with E-state index in [2.05, 4.69) is 21.3 Å². The lowest BCUT2D eigenvalue weighted by molar-refractivity contribution is -0.121. The van der Waals surface area contributed by atoms with Gasteiger partial charge in [0.2, 0.25) is 5.91 Å². The van der Waals surface area contributed by atoms with Gasteiger partial charge < -0.3 is 10.2 Å². The van der Waals surface area contributed by atoms with Crippen LogP contribution in [0.1, 0.15) is 62.2 Å². The highest BCUT2D eigenvalue weighted by molar-refractivity contribution is 5.79. The van der Waals surface area contributed by atoms with Gasteiger partial charge in [0, 0.05) is 12.7 Å². The van der Waals surface area contributed by atoms with Crippen molar-refractivity contribution in [3.63, 3.8) is 0 Å². The Morgan fingerprint density at radius 3 is 2.40 bits per heavy atom. The van der Waals surface area contributed by atoms with Crippen LogP contribution in [0.5, 0.6) is 0 Å². The van der Waals surface area contributed by atoms with Gasteiger partial charge in [0.05, 0.1) is 18.2 Å². The van der Waals surface area contributed by atoms with Crippen LogP contribution in [0.25, 0.3) is 0 Å². The number of hydrogen-bond acceptors (Lipinski definition) is 3. The van der Waals surface area contributed by atoms with Gasteiger partial charge in [-0.2, -0.15) is 0 Å². The molecule has 0 spiro atoms. The lowest BCUT2D eigenvalue weighted by atomic mass is 9.85. The molecule has 1 aromatic carbocycles. The van der Waals surface area contributed by atoms with Crippen molar-refractivity contribution in [2.24, 2.45) is 11.8 Å². The number of piperidine rings is 1. The van der Waals surface area contributed by atoms with Crippen LogP contribution in [0.15, 0.2) is 54.7 Å². The van der Waals surface area contributed by atoms with Crippen molar-refractivity contribution < 1.29 is 4.79 Å². The molecule has 1 saturated heterocycles. The van der Waals surface area contributed by atoms with Gasteiger partial charge in [-0.1, -0.05) is 55.7 Å². The summed E-state index contributed by atoms with van der Waals surface area (Å²) < 4.78 is 0. The van der Waals surface area contributed by atoms with E-state index in [0.29, 0.717) is 12.3 Å². The van der Waals surface area contributed by atoms with Crippen LogP contribution in [0, 0.1) is 11.8 Å². The number of amides is 1. The van der Waals surface area contributed by atoms with Crippen LogP contribution < -0.4 is 5.32 Å². The third kappa shape index (κ3) is 5.91. The van der Waals surface area contributed by atoms with Crippen LogP contribution >= 0.6 is 0 Å². The second-order valence-corrected chi connectivity index (χ2v) is 9.10. The van der Waals surface area contributed by atoms with Crippen LogP contribution in [-0.4, -0.2) is 35.4 Å². The monoisotopic (exact) mass is 405 g/mol.